The van der Waals surface area contributed by atoms with Gasteiger partial charge in [-0.1, -0.05) is 24.3 Å². The van der Waals surface area contributed by atoms with Crippen LogP contribution in [0.15, 0.2) is 36.4 Å². The van der Waals surface area contributed by atoms with E-state index in [1.807, 2.05) is 24.3 Å². The molecule has 0 saturated carbocycles. The zero-order valence-electron chi connectivity index (χ0n) is 11.1. The number of halogens is 1. The molecular formula is C16H11IO5. The van der Waals surface area contributed by atoms with Gasteiger partial charge < -0.3 is 25.5 Å². The van der Waals surface area contributed by atoms with E-state index < -0.39 is 28.7 Å². The average Bonchev–Trinajstić information content (AvgIpc) is 2.51. The van der Waals surface area contributed by atoms with Crippen LogP contribution in [0, 0.1) is 3.57 Å². The Balaban J connectivity index is 2.38. The molecule has 0 aliphatic rings. The highest BCUT2D eigenvalue weighted by Crippen LogP contribution is 2.55. The van der Waals surface area contributed by atoms with E-state index in [0.717, 1.165) is 14.3 Å². The summed E-state index contributed by atoms with van der Waals surface area (Å²) >= 11 is 2.12. The molecule has 0 aromatic heterocycles. The van der Waals surface area contributed by atoms with Crippen molar-refractivity contribution < 1.29 is 25.5 Å². The third-order valence-electron chi connectivity index (χ3n) is 3.47. The lowest BCUT2D eigenvalue weighted by molar-refractivity contribution is 0.330. The Morgan fingerprint density at radius 1 is 0.682 bits per heavy atom. The van der Waals surface area contributed by atoms with E-state index in [1.165, 1.54) is 0 Å². The maximum Gasteiger partial charge on any atom is 0.208 e. The summed E-state index contributed by atoms with van der Waals surface area (Å²) < 4.78 is 0.872. The van der Waals surface area contributed by atoms with E-state index in [0.29, 0.717) is 5.56 Å². The molecule has 0 spiro atoms. The van der Waals surface area contributed by atoms with E-state index in [1.54, 1.807) is 12.1 Å². The van der Waals surface area contributed by atoms with Gasteiger partial charge >= 0.3 is 0 Å². The Kier molecular flexibility index (Phi) is 3.40. The fourth-order valence-corrected chi connectivity index (χ4v) is 3.19. The molecule has 0 aliphatic heterocycles. The average molecular weight is 410 g/mol. The Morgan fingerprint density at radius 2 is 1.23 bits per heavy atom. The molecule has 0 aliphatic carbocycles. The highest BCUT2D eigenvalue weighted by atomic mass is 127. The third-order valence-corrected chi connectivity index (χ3v) is 4.36. The summed E-state index contributed by atoms with van der Waals surface area (Å²) in [5.41, 5.74) is 0.264. The Morgan fingerprint density at radius 3 is 1.86 bits per heavy atom. The number of phenols is 5. The molecule has 0 unspecified atom stereocenters. The third kappa shape index (κ3) is 2.07. The van der Waals surface area contributed by atoms with Crippen LogP contribution < -0.4 is 0 Å². The van der Waals surface area contributed by atoms with E-state index in [4.69, 9.17) is 0 Å². The van der Waals surface area contributed by atoms with Crippen molar-refractivity contribution in [2.45, 2.75) is 0 Å². The molecule has 112 valence electrons. The summed E-state index contributed by atoms with van der Waals surface area (Å²) in [7, 11) is 0. The highest BCUT2D eigenvalue weighted by Gasteiger charge is 2.24. The van der Waals surface area contributed by atoms with E-state index >= 15 is 0 Å². The second-order valence-electron chi connectivity index (χ2n) is 4.80. The number of fused-ring (bicyclic) bond motifs is 1. The van der Waals surface area contributed by atoms with Crippen molar-refractivity contribution in [2.75, 3.05) is 0 Å². The van der Waals surface area contributed by atoms with Crippen LogP contribution in [0.1, 0.15) is 0 Å². The predicted molar refractivity (Wildman–Crippen MR) is 90.4 cm³/mol. The first-order valence-corrected chi connectivity index (χ1v) is 7.37. The summed E-state index contributed by atoms with van der Waals surface area (Å²) in [6.07, 6.45) is 0. The minimum Gasteiger partial charge on any atom is -0.504 e. The normalized spacial score (nSPS) is 11.0. The van der Waals surface area contributed by atoms with Crippen molar-refractivity contribution in [3.63, 3.8) is 0 Å². The second kappa shape index (κ2) is 5.13. The maximum atomic E-state index is 10.0. The standard InChI is InChI=1S/C16H11IO5/c17-10-6-8(5-7-3-1-2-4-9(7)10)11-12(18)14(20)16(22)15(21)13(11)19/h1-6,18-22H. The molecule has 5 N–H and O–H groups in total. The van der Waals surface area contributed by atoms with Gasteiger partial charge in [-0.3, -0.25) is 0 Å². The number of benzene rings is 3. The van der Waals surface area contributed by atoms with Crippen LogP contribution in [0.4, 0.5) is 0 Å². The molecule has 0 bridgehead atoms. The summed E-state index contributed by atoms with van der Waals surface area (Å²) in [6.45, 7) is 0. The summed E-state index contributed by atoms with van der Waals surface area (Å²) in [6, 6.07) is 11.0. The molecule has 3 rings (SSSR count). The fraction of sp³-hybridized carbons (Fsp3) is 0. The highest BCUT2D eigenvalue weighted by molar-refractivity contribution is 14.1. The molecule has 3 aromatic rings. The van der Waals surface area contributed by atoms with Crippen LogP contribution in [-0.4, -0.2) is 25.5 Å². The largest absolute Gasteiger partial charge is 0.504 e. The second-order valence-corrected chi connectivity index (χ2v) is 5.96. The molecule has 5 nitrogen and oxygen atoms in total. The summed E-state index contributed by atoms with van der Waals surface area (Å²) in [5.74, 6) is -4.12. The predicted octanol–water partition coefficient (Wildman–Crippen LogP) is 3.64. The monoisotopic (exact) mass is 410 g/mol. The molecule has 0 fully saturated rings. The van der Waals surface area contributed by atoms with Gasteiger partial charge in [0.15, 0.2) is 11.5 Å². The van der Waals surface area contributed by atoms with Crippen molar-refractivity contribution in [3.05, 3.63) is 40.0 Å². The molecule has 0 amide bonds. The van der Waals surface area contributed by atoms with Crippen LogP contribution in [0.3, 0.4) is 0 Å². The van der Waals surface area contributed by atoms with Crippen LogP contribution in [-0.2, 0) is 0 Å². The van der Waals surface area contributed by atoms with Crippen molar-refractivity contribution in [3.8, 4) is 39.9 Å². The number of phenolic OH excluding ortho intramolecular Hbond substituents is 5. The molecule has 0 atom stereocenters. The fourth-order valence-electron chi connectivity index (χ4n) is 2.37. The van der Waals surface area contributed by atoms with Crippen molar-refractivity contribution in [1.82, 2.24) is 0 Å². The molecule has 6 heteroatoms. The van der Waals surface area contributed by atoms with Crippen molar-refractivity contribution in [2.24, 2.45) is 0 Å². The van der Waals surface area contributed by atoms with E-state index in [-0.39, 0.29) is 5.56 Å². The zero-order chi connectivity index (χ0) is 16.0. The lowest BCUT2D eigenvalue weighted by Crippen LogP contribution is -1.87. The van der Waals surface area contributed by atoms with Gasteiger partial charge in [0.1, 0.15) is 0 Å². The zero-order valence-corrected chi connectivity index (χ0v) is 13.2. The summed E-state index contributed by atoms with van der Waals surface area (Å²) in [5, 5.41) is 50.7. The van der Waals surface area contributed by atoms with Gasteiger partial charge in [0, 0.05) is 3.57 Å². The molecular weight excluding hydrogens is 399 g/mol. The first-order valence-electron chi connectivity index (χ1n) is 6.29. The molecule has 0 heterocycles. The topological polar surface area (TPSA) is 101 Å². The van der Waals surface area contributed by atoms with Crippen LogP contribution >= 0.6 is 22.6 Å². The van der Waals surface area contributed by atoms with Gasteiger partial charge in [0.2, 0.25) is 17.2 Å². The maximum absolute atomic E-state index is 10.0. The van der Waals surface area contributed by atoms with Gasteiger partial charge in [0.05, 0.1) is 5.56 Å². The minimum atomic E-state index is -0.964. The Bertz CT molecular complexity index is 876. The van der Waals surface area contributed by atoms with Gasteiger partial charge in [-0.25, -0.2) is 0 Å². The van der Waals surface area contributed by atoms with Gasteiger partial charge in [-0.15, -0.1) is 0 Å². The van der Waals surface area contributed by atoms with Gasteiger partial charge in [-0.05, 0) is 51.1 Å². The lowest BCUT2D eigenvalue weighted by Gasteiger charge is -2.13. The number of rotatable bonds is 1. The Labute approximate surface area is 138 Å². The number of hydrogen-bond acceptors (Lipinski definition) is 5. The number of hydrogen-bond donors (Lipinski definition) is 5. The Hall–Kier alpha value is -2.35. The van der Waals surface area contributed by atoms with Gasteiger partial charge in [-0.2, -0.15) is 0 Å². The SMILES string of the molecule is Oc1c(O)c(O)c(-c2cc(I)c3ccccc3c2)c(O)c1O. The molecule has 0 radical (unpaired) electrons. The molecule has 3 aromatic carbocycles. The van der Waals surface area contributed by atoms with Crippen LogP contribution in [0.25, 0.3) is 21.9 Å². The van der Waals surface area contributed by atoms with Crippen LogP contribution in [0.2, 0.25) is 0 Å². The lowest BCUT2D eigenvalue weighted by atomic mass is 9.98. The van der Waals surface area contributed by atoms with E-state index in [2.05, 4.69) is 22.6 Å². The van der Waals surface area contributed by atoms with Crippen molar-refractivity contribution in [1.29, 1.82) is 0 Å². The number of aromatic hydroxyl groups is 5. The molecule has 0 saturated heterocycles. The van der Waals surface area contributed by atoms with E-state index in [9.17, 15) is 25.5 Å². The van der Waals surface area contributed by atoms with Crippen molar-refractivity contribution >= 4 is 33.4 Å². The first kappa shape index (κ1) is 14.6. The molecule has 22 heavy (non-hydrogen) atoms. The van der Waals surface area contributed by atoms with Crippen LogP contribution in [0.5, 0.6) is 28.7 Å². The first-order chi connectivity index (χ1) is 10.4. The summed E-state index contributed by atoms with van der Waals surface area (Å²) in [4.78, 5) is 0. The van der Waals surface area contributed by atoms with Gasteiger partial charge in [0.25, 0.3) is 0 Å². The smallest absolute Gasteiger partial charge is 0.208 e. The minimum absolute atomic E-state index is 0.142. The quantitative estimate of drug-likeness (QED) is 0.240.